The standard InChI is InChI=1S/C21H21ClN2OS2/c1-2-13-5-8-17-18(12-26-19(17)10-13)20(25)24-21-23-11-16(27-21)9-14-3-6-15(22)7-4-14/h3-4,6-7,11-13H,2,5,8-10H2,1H3,(H,23,24,25). The number of nitrogens with zero attached hydrogens (tertiary/aromatic N) is 1. The smallest absolute Gasteiger partial charge is 0.258 e. The molecule has 2 aromatic heterocycles. The van der Waals surface area contributed by atoms with Gasteiger partial charge in [-0.15, -0.1) is 22.7 Å². The van der Waals surface area contributed by atoms with Gasteiger partial charge in [0.25, 0.3) is 5.91 Å². The molecule has 0 fully saturated rings. The molecule has 1 amide bonds. The summed E-state index contributed by atoms with van der Waals surface area (Å²) < 4.78 is 0. The van der Waals surface area contributed by atoms with E-state index >= 15 is 0 Å². The van der Waals surface area contributed by atoms with E-state index in [0.717, 1.165) is 40.6 Å². The minimum absolute atomic E-state index is 0.0326. The van der Waals surface area contributed by atoms with Crippen LogP contribution in [0, 0.1) is 5.92 Å². The third-order valence-electron chi connectivity index (χ3n) is 5.15. The van der Waals surface area contributed by atoms with Crippen LogP contribution >= 0.6 is 34.3 Å². The van der Waals surface area contributed by atoms with Crippen LogP contribution in [-0.4, -0.2) is 10.9 Å². The fourth-order valence-corrected chi connectivity index (χ4v) is 5.70. The van der Waals surface area contributed by atoms with Crippen molar-refractivity contribution in [1.82, 2.24) is 4.98 Å². The summed E-state index contributed by atoms with van der Waals surface area (Å²) in [6.07, 6.45) is 7.16. The van der Waals surface area contributed by atoms with E-state index < -0.39 is 0 Å². The van der Waals surface area contributed by atoms with E-state index in [1.807, 2.05) is 35.8 Å². The summed E-state index contributed by atoms with van der Waals surface area (Å²) in [7, 11) is 0. The van der Waals surface area contributed by atoms with Crippen molar-refractivity contribution < 1.29 is 4.79 Å². The average Bonchev–Trinajstić information content (AvgIpc) is 3.29. The first kappa shape index (κ1) is 18.7. The first-order valence-electron chi connectivity index (χ1n) is 9.22. The van der Waals surface area contributed by atoms with Crippen LogP contribution in [0.1, 0.15) is 51.0 Å². The number of nitrogens with one attached hydrogen (secondary N) is 1. The van der Waals surface area contributed by atoms with Crippen LogP contribution in [0.15, 0.2) is 35.8 Å². The summed E-state index contributed by atoms with van der Waals surface area (Å²) in [5.41, 5.74) is 3.26. The summed E-state index contributed by atoms with van der Waals surface area (Å²) in [4.78, 5) is 19.6. The van der Waals surface area contributed by atoms with Crippen molar-refractivity contribution in [3.8, 4) is 0 Å². The molecule has 1 aliphatic rings. The lowest BCUT2D eigenvalue weighted by molar-refractivity contribution is 0.102. The summed E-state index contributed by atoms with van der Waals surface area (Å²) in [6.45, 7) is 2.25. The summed E-state index contributed by atoms with van der Waals surface area (Å²) in [5, 5.41) is 6.40. The van der Waals surface area contributed by atoms with Crippen molar-refractivity contribution in [2.45, 2.75) is 39.0 Å². The molecule has 3 nitrogen and oxygen atoms in total. The molecule has 140 valence electrons. The van der Waals surface area contributed by atoms with E-state index in [4.69, 9.17) is 11.6 Å². The molecule has 0 radical (unpaired) electrons. The minimum atomic E-state index is -0.0326. The molecule has 27 heavy (non-hydrogen) atoms. The molecule has 2 heterocycles. The van der Waals surface area contributed by atoms with Gasteiger partial charge in [-0.3, -0.25) is 10.1 Å². The normalized spacial score (nSPS) is 16.1. The molecule has 0 aliphatic heterocycles. The maximum Gasteiger partial charge on any atom is 0.258 e. The first-order chi connectivity index (χ1) is 13.1. The molecule has 1 unspecified atom stereocenters. The Balaban J connectivity index is 1.43. The predicted molar refractivity (Wildman–Crippen MR) is 114 cm³/mol. The van der Waals surface area contributed by atoms with Crippen LogP contribution in [0.4, 0.5) is 5.13 Å². The van der Waals surface area contributed by atoms with Crippen molar-refractivity contribution in [3.05, 3.63) is 67.3 Å². The monoisotopic (exact) mass is 416 g/mol. The molecular formula is C21H21ClN2OS2. The predicted octanol–water partition coefficient (Wildman–Crippen LogP) is 6.22. The molecule has 6 heteroatoms. The van der Waals surface area contributed by atoms with Gasteiger partial charge in [-0.25, -0.2) is 4.98 Å². The lowest BCUT2D eigenvalue weighted by Gasteiger charge is -2.21. The van der Waals surface area contributed by atoms with Gasteiger partial charge in [-0.1, -0.05) is 37.1 Å². The van der Waals surface area contributed by atoms with E-state index in [0.29, 0.717) is 5.13 Å². The Morgan fingerprint density at radius 2 is 2.15 bits per heavy atom. The van der Waals surface area contributed by atoms with E-state index in [2.05, 4.69) is 17.2 Å². The number of thiophene rings is 1. The number of anilines is 1. The Kier molecular flexibility index (Phi) is 5.62. The van der Waals surface area contributed by atoms with E-state index in [1.54, 1.807) is 11.3 Å². The number of fused-ring (bicyclic) bond motifs is 1. The van der Waals surface area contributed by atoms with Gasteiger partial charge in [0, 0.05) is 32.8 Å². The molecular weight excluding hydrogens is 396 g/mol. The molecule has 0 bridgehead atoms. The largest absolute Gasteiger partial charge is 0.298 e. The van der Waals surface area contributed by atoms with E-state index in [9.17, 15) is 4.79 Å². The Morgan fingerprint density at radius 1 is 1.33 bits per heavy atom. The molecule has 1 aliphatic carbocycles. The van der Waals surface area contributed by atoms with Gasteiger partial charge in [-0.05, 0) is 48.4 Å². The molecule has 1 aromatic carbocycles. The van der Waals surface area contributed by atoms with E-state index in [-0.39, 0.29) is 5.91 Å². The van der Waals surface area contributed by atoms with Crippen molar-refractivity contribution in [2.75, 3.05) is 5.32 Å². The molecule has 4 rings (SSSR count). The number of halogens is 1. The maximum absolute atomic E-state index is 12.8. The highest BCUT2D eigenvalue weighted by Gasteiger charge is 2.24. The lowest BCUT2D eigenvalue weighted by Crippen LogP contribution is -2.17. The van der Waals surface area contributed by atoms with Crippen LogP contribution in [0.5, 0.6) is 0 Å². The second kappa shape index (κ2) is 8.13. The van der Waals surface area contributed by atoms with Gasteiger partial charge >= 0.3 is 0 Å². The average molecular weight is 417 g/mol. The van der Waals surface area contributed by atoms with Gasteiger partial charge < -0.3 is 0 Å². The number of rotatable bonds is 5. The molecule has 1 atom stereocenters. The van der Waals surface area contributed by atoms with Crippen LogP contribution in [0.2, 0.25) is 5.02 Å². The van der Waals surface area contributed by atoms with Crippen LogP contribution in [0.25, 0.3) is 0 Å². The fourth-order valence-electron chi connectivity index (χ4n) is 3.53. The number of amides is 1. The topological polar surface area (TPSA) is 42.0 Å². The number of aromatic nitrogens is 1. The number of thiazole rings is 1. The zero-order valence-electron chi connectivity index (χ0n) is 15.1. The van der Waals surface area contributed by atoms with Gasteiger partial charge in [0.1, 0.15) is 0 Å². The molecule has 0 saturated carbocycles. The Morgan fingerprint density at radius 3 is 2.93 bits per heavy atom. The zero-order chi connectivity index (χ0) is 18.8. The molecule has 0 spiro atoms. The third-order valence-corrected chi connectivity index (χ3v) is 7.36. The van der Waals surface area contributed by atoms with E-state index in [1.165, 1.54) is 40.2 Å². The highest BCUT2D eigenvalue weighted by molar-refractivity contribution is 7.15. The van der Waals surface area contributed by atoms with Gasteiger partial charge in [0.05, 0.1) is 5.56 Å². The van der Waals surface area contributed by atoms with Gasteiger partial charge in [0.2, 0.25) is 0 Å². The minimum Gasteiger partial charge on any atom is -0.298 e. The van der Waals surface area contributed by atoms with Crippen molar-refractivity contribution in [1.29, 1.82) is 0 Å². The van der Waals surface area contributed by atoms with Gasteiger partial charge in [-0.2, -0.15) is 0 Å². The Hall–Kier alpha value is -1.69. The fraction of sp³-hybridized carbons (Fsp3) is 0.333. The van der Waals surface area contributed by atoms with Gasteiger partial charge in [0.15, 0.2) is 5.13 Å². The van der Waals surface area contributed by atoms with Crippen LogP contribution in [-0.2, 0) is 19.3 Å². The van der Waals surface area contributed by atoms with Crippen LogP contribution in [0.3, 0.4) is 0 Å². The third kappa shape index (κ3) is 4.26. The second-order valence-corrected chi connectivity index (χ2v) is 9.47. The molecule has 1 N–H and O–H groups in total. The number of carbonyl (C=O) groups is 1. The van der Waals surface area contributed by atoms with Crippen molar-refractivity contribution >= 4 is 45.3 Å². The second-order valence-electron chi connectivity index (χ2n) is 6.96. The molecule has 3 aromatic rings. The zero-order valence-corrected chi connectivity index (χ0v) is 17.5. The number of hydrogen-bond acceptors (Lipinski definition) is 4. The number of carbonyl (C=O) groups excluding carboxylic acids is 1. The van der Waals surface area contributed by atoms with Crippen LogP contribution < -0.4 is 5.32 Å². The number of hydrogen-bond donors (Lipinski definition) is 1. The SMILES string of the molecule is CCC1CCc2c(C(=O)Nc3ncc(Cc4ccc(Cl)cc4)s3)csc2C1. The lowest BCUT2D eigenvalue weighted by atomic mass is 9.86. The summed E-state index contributed by atoms with van der Waals surface area (Å²) in [5.74, 6) is 0.733. The molecule has 0 saturated heterocycles. The quantitative estimate of drug-likeness (QED) is 0.536. The first-order valence-corrected chi connectivity index (χ1v) is 11.3. The number of benzene rings is 1. The highest BCUT2D eigenvalue weighted by atomic mass is 35.5. The highest BCUT2D eigenvalue weighted by Crippen LogP contribution is 2.34. The Labute approximate surface area is 172 Å². The Bertz CT molecular complexity index is 946. The van der Waals surface area contributed by atoms with Crippen molar-refractivity contribution in [3.63, 3.8) is 0 Å². The summed E-state index contributed by atoms with van der Waals surface area (Å²) >= 11 is 9.19. The maximum atomic E-state index is 12.8. The summed E-state index contributed by atoms with van der Waals surface area (Å²) in [6, 6.07) is 7.82. The van der Waals surface area contributed by atoms with Crippen molar-refractivity contribution in [2.24, 2.45) is 5.92 Å².